The summed E-state index contributed by atoms with van der Waals surface area (Å²) in [7, 11) is 0. The van der Waals surface area contributed by atoms with Gasteiger partial charge in [0.25, 0.3) is 0 Å². The van der Waals surface area contributed by atoms with Crippen LogP contribution in [0.25, 0.3) is 0 Å². The number of fused-ring (bicyclic) bond motifs is 1. The molecule has 0 bridgehead atoms. The quantitative estimate of drug-likeness (QED) is 0.676. The van der Waals surface area contributed by atoms with Crippen molar-refractivity contribution in [1.82, 2.24) is 21.1 Å². The minimum Gasteiger partial charge on any atom is -0.377 e. The third kappa shape index (κ3) is 3.54. The lowest BCUT2D eigenvalue weighted by molar-refractivity contribution is -0.142. The number of ether oxygens (including phenoxy) is 1. The van der Waals surface area contributed by atoms with Crippen molar-refractivity contribution in [2.75, 3.05) is 24.8 Å². The summed E-state index contributed by atoms with van der Waals surface area (Å²) in [6, 6.07) is 7.29. The molecule has 1 aromatic carbocycles. The molecule has 1 aliphatic carbocycles. The van der Waals surface area contributed by atoms with Gasteiger partial charge in [-0.2, -0.15) is 5.48 Å². The Morgan fingerprint density at radius 3 is 2.77 bits per heavy atom. The molecule has 1 amide bonds. The topological polar surface area (TPSA) is 78.1 Å². The van der Waals surface area contributed by atoms with Crippen LogP contribution in [0.3, 0.4) is 0 Å². The molecule has 8 nitrogen and oxygen atoms in total. The molecule has 4 fully saturated rings. The molecule has 3 saturated heterocycles. The highest BCUT2D eigenvalue weighted by Gasteiger charge is 2.40. The molecule has 3 N–H and O–H groups in total. The van der Waals surface area contributed by atoms with Crippen LogP contribution < -0.4 is 21.2 Å². The summed E-state index contributed by atoms with van der Waals surface area (Å²) in [5.41, 5.74) is 10.4. The van der Waals surface area contributed by atoms with Crippen molar-refractivity contribution in [3.8, 4) is 0 Å². The number of carbonyl (C=O) groups is 1. The Labute approximate surface area is 183 Å². The van der Waals surface area contributed by atoms with Crippen LogP contribution in [-0.2, 0) is 20.9 Å². The third-order valence-corrected chi connectivity index (χ3v) is 7.87. The first-order chi connectivity index (χ1) is 15.2. The van der Waals surface area contributed by atoms with Gasteiger partial charge >= 0.3 is 0 Å². The highest BCUT2D eigenvalue weighted by molar-refractivity contribution is 5.80. The van der Waals surface area contributed by atoms with E-state index in [0.717, 1.165) is 57.6 Å². The predicted octanol–water partition coefficient (Wildman–Crippen LogP) is 1.79. The largest absolute Gasteiger partial charge is 0.377 e. The molecular weight excluding hydrogens is 394 g/mol. The SMILES string of the molecule is C[C@@H]1C[C@@H](C2NOC(c3ccc4c(c3)N(C3COC3)NC4)N2)CCN1C(=O)C1CCC1. The van der Waals surface area contributed by atoms with E-state index in [2.05, 4.69) is 51.3 Å². The van der Waals surface area contributed by atoms with Gasteiger partial charge in [-0.15, -0.1) is 0 Å². The molecular formula is C23H33N5O3. The van der Waals surface area contributed by atoms with E-state index < -0.39 is 0 Å². The van der Waals surface area contributed by atoms with Gasteiger partial charge in [0.15, 0.2) is 6.23 Å². The number of rotatable bonds is 4. The number of anilines is 1. The molecule has 0 aromatic heterocycles. The number of hydrogen-bond acceptors (Lipinski definition) is 7. The van der Waals surface area contributed by atoms with Gasteiger partial charge in [-0.25, -0.2) is 5.43 Å². The van der Waals surface area contributed by atoms with Gasteiger partial charge in [-0.05, 0) is 55.7 Å². The minimum atomic E-state index is -0.166. The smallest absolute Gasteiger partial charge is 0.225 e. The minimum absolute atomic E-state index is 0.107. The van der Waals surface area contributed by atoms with E-state index in [1.165, 1.54) is 17.7 Å². The van der Waals surface area contributed by atoms with Crippen LogP contribution in [0.4, 0.5) is 5.69 Å². The van der Waals surface area contributed by atoms with Gasteiger partial charge in [-0.3, -0.25) is 14.9 Å². The van der Waals surface area contributed by atoms with E-state index >= 15 is 0 Å². The van der Waals surface area contributed by atoms with Gasteiger partial charge in [0, 0.05) is 25.0 Å². The molecule has 1 aromatic rings. The number of nitrogens with one attached hydrogen (secondary N) is 3. The fourth-order valence-corrected chi connectivity index (χ4v) is 5.57. The standard InChI is InChI=1S/C23H33N5O3/c1-14-9-16(7-8-27(14)23(29)15-3-2-4-15)21-25-22(31-26-21)17-5-6-18-11-24-28(20(18)10-17)19-12-30-13-19/h5-6,10,14-16,19,21-22,24-26H,2-4,7-9,11-13H2,1H3/t14-,16+,21?,22?/m1/s1. The van der Waals surface area contributed by atoms with Gasteiger partial charge in [0.05, 0.1) is 31.1 Å². The summed E-state index contributed by atoms with van der Waals surface area (Å²) < 4.78 is 5.37. The first kappa shape index (κ1) is 19.9. The summed E-state index contributed by atoms with van der Waals surface area (Å²) in [5, 5.41) is 5.90. The predicted molar refractivity (Wildman–Crippen MR) is 115 cm³/mol. The summed E-state index contributed by atoms with van der Waals surface area (Å²) >= 11 is 0. The summed E-state index contributed by atoms with van der Waals surface area (Å²) in [5.74, 6) is 1.12. The van der Waals surface area contributed by atoms with Crippen molar-refractivity contribution < 1.29 is 14.4 Å². The Kier molecular flexibility index (Phi) is 5.15. The maximum Gasteiger partial charge on any atom is 0.225 e. The maximum absolute atomic E-state index is 12.7. The zero-order chi connectivity index (χ0) is 20.9. The average Bonchev–Trinajstić information content (AvgIpc) is 3.33. The van der Waals surface area contributed by atoms with Crippen molar-refractivity contribution >= 4 is 11.6 Å². The number of likely N-dealkylation sites (tertiary alicyclic amines) is 1. The number of carbonyl (C=O) groups excluding carboxylic acids is 1. The highest BCUT2D eigenvalue weighted by Crippen LogP contribution is 2.35. The molecule has 4 atom stereocenters. The van der Waals surface area contributed by atoms with Crippen molar-refractivity contribution in [2.24, 2.45) is 11.8 Å². The van der Waals surface area contributed by atoms with Crippen molar-refractivity contribution in [3.63, 3.8) is 0 Å². The van der Waals surface area contributed by atoms with Gasteiger partial charge < -0.3 is 14.6 Å². The molecule has 6 rings (SSSR count). The summed E-state index contributed by atoms with van der Waals surface area (Å²) in [6.07, 6.45) is 5.32. The number of nitrogens with zero attached hydrogens (tertiary/aromatic N) is 2. The maximum atomic E-state index is 12.7. The monoisotopic (exact) mass is 427 g/mol. The number of hydrogen-bond donors (Lipinski definition) is 3. The lowest BCUT2D eigenvalue weighted by atomic mass is 9.82. The Balaban J connectivity index is 1.09. The van der Waals surface area contributed by atoms with Crippen LogP contribution in [0.1, 0.15) is 56.4 Å². The second-order valence-electron chi connectivity index (χ2n) is 9.84. The van der Waals surface area contributed by atoms with Crippen LogP contribution in [0.5, 0.6) is 0 Å². The molecule has 2 unspecified atom stereocenters. The first-order valence-electron chi connectivity index (χ1n) is 11.9. The fourth-order valence-electron chi connectivity index (χ4n) is 5.57. The van der Waals surface area contributed by atoms with E-state index in [4.69, 9.17) is 9.57 Å². The van der Waals surface area contributed by atoms with Crippen LogP contribution in [0.15, 0.2) is 18.2 Å². The van der Waals surface area contributed by atoms with Gasteiger partial charge in [0.2, 0.25) is 5.91 Å². The number of piperidine rings is 1. The van der Waals surface area contributed by atoms with Crippen molar-refractivity contribution in [1.29, 1.82) is 0 Å². The molecule has 4 heterocycles. The second-order valence-corrected chi connectivity index (χ2v) is 9.84. The normalized spacial score (nSPS) is 33.8. The number of hydrazine groups is 1. The Bertz CT molecular complexity index is 843. The molecule has 5 aliphatic rings. The second kappa shape index (κ2) is 8.01. The van der Waals surface area contributed by atoms with Crippen molar-refractivity contribution in [2.45, 2.75) is 70.0 Å². The van der Waals surface area contributed by atoms with E-state index in [1.54, 1.807) is 0 Å². The molecule has 1 saturated carbocycles. The molecule has 8 heteroatoms. The molecule has 168 valence electrons. The third-order valence-electron chi connectivity index (χ3n) is 7.87. The molecule has 31 heavy (non-hydrogen) atoms. The van der Waals surface area contributed by atoms with Gasteiger partial charge in [0.1, 0.15) is 0 Å². The number of hydroxylamine groups is 1. The molecule has 0 radical (unpaired) electrons. The lowest BCUT2D eigenvalue weighted by Gasteiger charge is -2.42. The van der Waals surface area contributed by atoms with Crippen LogP contribution >= 0.6 is 0 Å². The van der Waals surface area contributed by atoms with E-state index in [1.807, 2.05) is 0 Å². The zero-order valence-corrected chi connectivity index (χ0v) is 18.2. The van der Waals surface area contributed by atoms with E-state index in [9.17, 15) is 4.79 Å². The fraction of sp³-hybridized carbons (Fsp3) is 0.696. The summed E-state index contributed by atoms with van der Waals surface area (Å²) in [6.45, 7) is 5.47. The Morgan fingerprint density at radius 2 is 2.06 bits per heavy atom. The highest BCUT2D eigenvalue weighted by atomic mass is 16.7. The zero-order valence-electron chi connectivity index (χ0n) is 18.2. The van der Waals surface area contributed by atoms with E-state index in [-0.39, 0.29) is 18.3 Å². The van der Waals surface area contributed by atoms with Gasteiger partial charge in [-0.1, -0.05) is 18.6 Å². The van der Waals surface area contributed by atoms with Crippen molar-refractivity contribution in [3.05, 3.63) is 29.3 Å². The Hall–Kier alpha value is -1.71. The molecule has 4 aliphatic heterocycles. The first-order valence-corrected chi connectivity index (χ1v) is 11.9. The van der Waals surface area contributed by atoms with E-state index in [0.29, 0.717) is 23.9 Å². The Morgan fingerprint density at radius 1 is 1.19 bits per heavy atom. The molecule has 0 spiro atoms. The average molecular weight is 428 g/mol. The summed E-state index contributed by atoms with van der Waals surface area (Å²) in [4.78, 5) is 20.8. The number of benzene rings is 1. The van der Waals surface area contributed by atoms with Crippen LogP contribution in [0, 0.1) is 11.8 Å². The lowest BCUT2D eigenvalue weighted by Crippen LogP contribution is -2.53. The van der Waals surface area contributed by atoms with Crippen LogP contribution in [0.2, 0.25) is 0 Å². The van der Waals surface area contributed by atoms with Crippen LogP contribution in [-0.4, -0.2) is 48.8 Å². The number of amides is 1.